The molecule has 17 heavy (non-hydrogen) atoms. The van der Waals surface area contributed by atoms with E-state index in [0.717, 1.165) is 0 Å². The first-order valence-electron chi connectivity index (χ1n) is 5.25. The van der Waals surface area contributed by atoms with Gasteiger partial charge in [0.1, 0.15) is 5.84 Å². The van der Waals surface area contributed by atoms with E-state index < -0.39 is 15.6 Å². The van der Waals surface area contributed by atoms with Gasteiger partial charge in [-0.05, 0) is 13.8 Å². The Kier molecular flexibility index (Phi) is 5.37. The van der Waals surface area contributed by atoms with Crippen LogP contribution in [-0.4, -0.2) is 43.4 Å². The Balaban J connectivity index is 4.69. The highest BCUT2D eigenvalue weighted by molar-refractivity contribution is 7.87. The molecule has 0 aliphatic carbocycles. The third-order valence-electron chi connectivity index (χ3n) is 2.60. The number of nitrogens with two attached hydrogens (primary N) is 1. The van der Waals surface area contributed by atoms with Gasteiger partial charge in [0.05, 0.1) is 0 Å². The van der Waals surface area contributed by atoms with E-state index in [1.54, 1.807) is 27.7 Å². The molecule has 0 rings (SSSR count). The summed E-state index contributed by atoms with van der Waals surface area (Å²) in [5, 5.41) is 11.5. The van der Waals surface area contributed by atoms with E-state index >= 15 is 0 Å². The number of amidine groups is 1. The number of hydrogen-bond acceptors (Lipinski definition) is 4. The predicted molar refractivity (Wildman–Crippen MR) is 67.0 cm³/mol. The summed E-state index contributed by atoms with van der Waals surface area (Å²) >= 11 is 0. The fourth-order valence-corrected chi connectivity index (χ4v) is 2.18. The largest absolute Gasteiger partial charge is 0.409 e. The molecule has 8 heteroatoms. The summed E-state index contributed by atoms with van der Waals surface area (Å²) in [4.78, 5) is 0. The zero-order valence-corrected chi connectivity index (χ0v) is 11.7. The first kappa shape index (κ1) is 16.1. The molecule has 4 N–H and O–H groups in total. The van der Waals surface area contributed by atoms with Crippen molar-refractivity contribution in [1.82, 2.24) is 9.03 Å². The molecule has 7 nitrogen and oxygen atoms in total. The van der Waals surface area contributed by atoms with Crippen molar-refractivity contribution in [3.8, 4) is 0 Å². The summed E-state index contributed by atoms with van der Waals surface area (Å²) in [5.74, 6) is -0.0209. The summed E-state index contributed by atoms with van der Waals surface area (Å²) in [7, 11) is -2.05. The summed E-state index contributed by atoms with van der Waals surface area (Å²) in [6.45, 7) is 6.96. The SMILES string of the molecule is CC(C)N(C)S(=O)(=O)NCC(C)(C)C(N)=NO. The monoisotopic (exact) mass is 266 g/mol. The lowest BCUT2D eigenvalue weighted by molar-refractivity contribution is 0.307. The summed E-state index contributed by atoms with van der Waals surface area (Å²) in [5.41, 5.74) is 4.72. The van der Waals surface area contributed by atoms with Crippen molar-refractivity contribution >= 4 is 16.0 Å². The molecule has 0 amide bonds. The minimum atomic E-state index is -3.54. The van der Waals surface area contributed by atoms with Crippen LogP contribution >= 0.6 is 0 Å². The van der Waals surface area contributed by atoms with Crippen molar-refractivity contribution in [1.29, 1.82) is 0 Å². The van der Waals surface area contributed by atoms with Gasteiger partial charge in [0.25, 0.3) is 10.2 Å². The smallest absolute Gasteiger partial charge is 0.279 e. The molecular formula is C9H22N4O3S. The minimum Gasteiger partial charge on any atom is -0.409 e. The molecule has 0 atom stereocenters. The van der Waals surface area contributed by atoms with Gasteiger partial charge in [0, 0.05) is 25.0 Å². The Morgan fingerprint density at radius 3 is 2.35 bits per heavy atom. The van der Waals surface area contributed by atoms with E-state index in [1.807, 2.05) is 0 Å². The molecule has 0 bridgehead atoms. The number of oxime groups is 1. The Bertz CT molecular complexity index is 376. The molecule has 0 aromatic heterocycles. The Morgan fingerprint density at radius 2 is 2.00 bits per heavy atom. The Labute approximate surface area is 103 Å². The minimum absolute atomic E-state index is 0.0209. The molecule has 0 saturated heterocycles. The molecule has 0 fully saturated rings. The van der Waals surface area contributed by atoms with Crippen LogP contribution in [0.5, 0.6) is 0 Å². The average molecular weight is 266 g/mol. The van der Waals surface area contributed by atoms with Crippen LogP contribution in [0.15, 0.2) is 5.16 Å². The molecule has 0 heterocycles. The highest BCUT2D eigenvalue weighted by Gasteiger charge is 2.28. The van der Waals surface area contributed by atoms with Gasteiger partial charge in [-0.2, -0.15) is 12.7 Å². The van der Waals surface area contributed by atoms with Crippen LogP contribution in [0.3, 0.4) is 0 Å². The van der Waals surface area contributed by atoms with E-state index in [4.69, 9.17) is 10.9 Å². The molecule has 0 aromatic rings. The van der Waals surface area contributed by atoms with Crippen molar-refractivity contribution in [2.24, 2.45) is 16.3 Å². The fraction of sp³-hybridized carbons (Fsp3) is 0.889. The molecule has 0 aliphatic heterocycles. The van der Waals surface area contributed by atoms with E-state index in [0.29, 0.717) is 0 Å². The van der Waals surface area contributed by atoms with Crippen molar-refractivity contribution < 1.29 is 13.6 Å². The lowest BCUT2D eigenvalue weighted by atomic mass is 9.93. The molecule has 0 aromatic carbocycles. The maximum absolute atomic E-state index is 11.8. The maximum Gasteiger partial charge on any atom is 0.279 e. The van der Waals surface area contributed by atoms with Crippen LogP contribution in [0.2, 0.25) is 0 Å². The number of nitrogens with one attached hydrogen (secondary N) is 1. The summed E-state index contributed by atoms with van der Waals surface area (Å²) in [6, 6.07) is -0.139. The number of hydrogen-bond donors (Lipinski definition) is 3. The molecule has 0 radical (unpaired) electrons. The Hall–Kier alpha value is -0.860. The molecule has 0 aliphatic rings. The van der Waals surface area contributed by atoms with Crippen LogP contribution < -0.4 is 10.5 Å². The van der Waals surface area contributed by atoms with E-state index in [9.17, 15) is 8.42 Å². The van der Waals surface area contributed by atoms with Crippen LogP contribution in [-0.2, 0) is 10.2 Å². The van der Waals surface area contributed by atoms with E-state index in [-0.39, 0.29) is 18.4 Å². The van der Waals surface area contributed by atoms with Gasteiger partial charge < -0.3 is 10.9 Å². The quantitative estimate of drug-likeness (QED) is 0.271. The van der Waals surface area contributed by atoms with Gasteiger partial charge in [-0.1, -0.05) is 19.0 Å². The van der Waals surface area contributed by atoms with Gasteiger partial charge in [0.2, 0.25) is 0 Å². The zero-order valence-electron chi connectivity index (χ0n) is 10.9. The summed E-state index contributed by atoms with van der Waals surface area (Å²) in [6.07, 6.45) is 0. The molecule has 102 valence electrons. The summed E-state index contributed by atoms with van der Waals surface area (Å²) < 4.78 is 27.2. The third kappa shape index (κ3) is 4.49. The van der Waals surface area contributed by atoms with Gasteiger partial charge in [0.15, 0.2) is 0 Å². The first-order valence-corrected chi connectivity index (χ1v) is 6.69. The van der Waals surface area contributed by atoms with Crippen molar-refractivity contribution in [2.45, 2.75) is 33.7 Å². The van der Waals surface area contributed by atoms with Crippen molar-refractivity contribution in [3.05, 3.63) is 0 Å². The van der Waals surface area contributed by atoms with Gasteiger partial charge in [-0.15, -0.1) is 0 Å². The van der Waals surface area contributed by atoms with Crippen LogP contribution in [0.1, 0.15) is 27.7 Å². The highest BCUT2D eigenvalue weighted by atomic mass is 32.2. The average Bonchev–Trinajstić information content (AvgIpc) is 2.24. The molecule has 0 unspecified atom stereocenters. The van der Waals surface area contributed by atoms with E-state index in [2.05, 4.69) is 9.88 Å². The first-order chi connectivity index (χ1) is 7.54. The predicted octanol–water partition coefficient (Wildman–Crippen LogP) is -0.0664. The second-order valence-corrected chi connectivity index (χ2v) is 6.62. The van der Waals surface area contributed by atoms with Gasteiger partial charge in [-0.25, -0.2) is 4.72 Å². The lowest BCUT2D eigenvalue weighted by Crippen LogP contribution is -2.48. The highest BCUT2D eigenvalue weighted by Crippen LogP contribution is 2.14. The van der Waals surface area contributed by atoms with Crippen LogP contribution in [0.25, 0.3) is 0 Å². The fourth-order valence-electron chi connectivity index (χ4n) is 0.877. The second kappa shape index (κ2) is 5.65. The van der Waals surface area contributed by atoms with Crippen molar-refractivity contribution in [3.63, 3.8) is 0 Å². The van der Waals surface area contributed by atoms with E-state index in [1.165, 1.54) is 11.4 Å². The van der Waals surface area contributed by atoms with Crippen molar-refractivity contribution in [2.75, 3.05) is 13.6 Å². The maximum atomic E-state index is 11.8. The van der Waals surface area contributed by atoms with Crippen LogP contribution in [0, 0.1) is 5.41 Å². The number of nitrogens with zero attached hydrogens (tertiary/aromatic N) is 2. The van der Waals surface area contributed by atoms with Gasteiger partial charge >= 0.3 is 0 Å². The van der Waals surface area contributed by atoms with Crippen LogP contribution in [0.4, 0.5) is 0 Å². The lowest BCUT2D eigenvalue weighted by Gasteiger charge is -2.26. The third-order valence-corrected chi connectivity index (χ3v) is 4.29. The Morgan fingerprint density at radius 1 is 1.53 bits per heavy atom. The topological polar surface area (TPSA) is 108 Å². The normalized spacial score (nSPS) is 14.6. The second-order valence-electron chi connectivity index (χ2n) is 4.81. The number of rotatable bonds is 6. The molecular weight excluding hydrogens is 244 g/mol. The molecule has 0 spiro atoms. The standard InChI is InChI=1S/C9H22N4O3S/c1-7(2)13(5)17(15,16)11-6-9(3,4)8(10)12-14/h7,11,14H,6H2,1-5H3,(H2,10,12). The molecule has 0 saturated carbocycles. The zero-order chi connectivity index (χ0) is 13.9. The van der Waals surface area contributed by atoms with Gasteiger partial charge in [-0.3, -0.25) is 0 Å².